The van der Waals surface area contributed by atoms with Crippen LogP contribution < -0.4 is 0 Å². The average Bonchev–Trinajstić information content (AvgIpc) is 2.72. The van der Waals surface area contributed by atoms with E-state index in [1.54, 1.807) is 31.3 Å². The molecule has 0 aliphatic heterocycles. The Balaban J connectivity index is 2.36. The number of aryl methyl sites for hydroxylation is 1. The molecule has 0 atom stereocenters. The van der Waals surface area contributed by atoms with Crippen molar-refractivity contribution in [3.63, 3.8) is 0 Å². The smallest absolute Gasteiger partial charge is 0.339 e. The zero-order valence-electron chi connectivity index (χ0n) is 10.3. The second kappa shape index (κ2) is 5.04. The van der Waals surface area contributed by atoms with Gasteiger partial charge in [-0.3, -0.25) is 0 Å². The van der Waals surface area contributed by atoms with Gasteiger partial charge in [0.05, 0.1) is 12.7 Å². The number of esters is 1. The molecule has 94 valence electrons. The van der Waals surface area contributed by atoms with E-state index in [1.807, 2.05) is 0 Å². The fourth-order valence-electron chi connectivity index (χ4n) is 1.95. The van der Waals surface area contributed by atoms with Crippen molar-refractivity contribution in [1.29, 1.82) is 0 Å². The molecular formula is C14H14FNO2. The first-order valence-electron chi connectivity index (χ1n) is 5.62. The van der Waals surface area contributed by atoms with Crippen molar-refractivity contribution >= 4 is 5.97 Å². The van der Waals surface area contributed by atoms with Crippen LogP contribution in [-0.2, 0) is 11.2 Å². The molecule has 0 amide bonds. The number of hydrogen-bond acceptors (Lipinski definition) is 2. The van der Waals surface area contributed by atoms with Gasteiger partial charge in [0.2, 0.25) is 0 Å². The maximum atomic E-state index is 13.6. The van der Waals surface area contributed by atoms with Crippen molar-refractivity contribution in [1.82, 2.24) is 4.98 Å². The van der Waals surface area contributed by atoms with Crippen LogP contribution in [0.1, 0.15) is 27.2 Å². The lowest BCUT2D eigenvalue weighted by Crippen LogP contribution is -2.06. The Morgan fingerprint density at radius 1 is 1.33 bits per heavy atom. The molecule has 2 aromatic rings. The highest BCUT2D eigenvalue weighted by atomic mass is 19.1. The summed E-state index contributed by atoms with van der Waals surface area (Å²) in [7, 11) is 1.33. The average molecular weight is 247 g/mol. The minimum absolute atomic E-state index is 0.271. The van der Waals surface area contributed by atoms with Crippen LogP contribution in [0.25, 0.3) is 0 Å². The number of carbonyl (C=O) groups is 1. The maximum Gasteiger partial charge on any atom is 0.339 e. The summed E-state index contributed by atoms with van der Waals surface area (Å²) in [6, 6.07) is 6.53. The number of hydrogen-bond donors (Lipinski definition) is 1. The molecule has 0 aliphatic carbocycles. The lowest BCUT2D eigenvalue weighted by atomic mass is 10.0. The van der Waals surface area contributed by atoms with Gasteiger partial charge < -0.3 is 9.72 Å². The molecule has 0 fully saturated rings. The Morgan fingerprint density at radius 2 is 2.06 bits per heavy atom. The Labute approximate surface area is 105 Å². The van der Waals surface area contributed by atoms with Gasteiger partial charge in [0.15, 0.2) is 0 Å². The van der Waals surface area contributed by atoms with E-state index in [-0.39, 0.29) is 5.82 Å². The highest BCUT2D eigenvalue weighted by Crippen LogP contribution is 2.20. The van der Waals surface area contributed by atoms with E-state index in [0.29, 0.717) is 17.5 Å². The van der Waals surface area contributed by atoms with E-state index in [0.717, 1.165) is 11.3 Å². The van der Waals surface area contributed by atoms with E-state index in [2.05, 4.69) is 4.98 Å². The summed E-state index contributed by atoms with van der Waals surface area (Å²) >= 11 is 0. The third-order valence-electron chi connectivity index (χ3n) is 2.89. The van der Waals surface area contributed by atoms with Crippen molar-refractivity contribution in [3.05, 3.63) is 58.7 Å². The highest BCUT2D eigenvalue weighted by Gasteiger charge is 2.17. The minimum atomic E-state index is -0.403. The number of benzene rings is 1. The molecule has 0 saturated heterocycles. The van der Waals surface area contributed by atoms with Crippen LogP contribution in [0, 0.1) is 12.7 Å². The first-order chi connectivity index (χ1) is 8.63. The monoisotopic (exact) mass is 247 g/mol. The van der Waals surface area contributed by atoms with Crippen molar-refractivity contribution in [3.8, 4) is 0 Å². The lowest BCUT2D eigenvalue weighted by molar-refractivity contribution is 0.0599. The van der Waals surface area contributed by atoms with E-state index in [4.69, 9.17) is 4.74 Å². The normalized spacial score (nSPS) is 10.4. The van der Waals surface area contributed by atoms with Crippen LogP contribution in [0.3, 0.4) is 0 Å². The number of rotatable bonds is 3. The molecule has 0 spiro atoms. The van der Waals surface area contributed by atoms with Crippen LogP contribution in [-0.4, -0.2) is 18.1 Å². The third-order valence-corrected chi connectivity index (χ3v) is 2.89. The van der Waals surface area contributed by atoms with Crippen LogP contribution in [0.15, 0.2) is 30.5 Å². The third kappa shape index (κ3) is 2.27. The summed E-state index contributed by atoms with van der Waals surface area (Å²) in [5.74, 6) is -0.674. The second-order valence-electron chi connectivity index (χ2n) is 4.07. The quantitative estimate of drug-likeness (QED) is 0.847. The fraction of sp³-hybridized carbons (Fsp3) is 0.214. The summed E-state index contributed by atoms with van der Waals surface area (Å²) in [5, 5.41) is 0. The summed E-state index contributed by atoms with van der Waals surface area (Å²) in [4.78, 5) is 14.6. The summed E-state index contributed by atoms with van der Waals surface area (Å²) < 4.78 is 18.3. The SMILES string of the molecule is COC(=O)c1c(Cc2ccccc2F)c[nH]c1C. The number of ether oxygens (including phenoxy) is 1. The van der Waals surface area contributed by atoms with Crippen molar-refractivity contribution in [2.24, 2.45) is 0 Å². The Hall–Kier alpha value is -2.10. The van der Waals surface area contributed by atoms with Crippen LogP contribution in [0.4, 0.5) is 4.39 Å². The van der Waals surface area contributed by atoms with Gasteiger partial charge in [0, 0.05) is 18.3 Å². The van der Waals surface area contributed by atoms with Crippen molar-refractivity contribution in [2.75, 3.05) is 7.11 Å². The van der Waals surface area contributed by atoms with E-state index in [1.165, 1.54) is 13.2 Å². The molecular weight excluding hydrogens is 233 g/mol. The number of carbonyl (C=O) groups excluding carboxylic acids is 1. The largest absolute Gasteiger partial charge is 0.465 e. The van der Waals surface area contributed by atoms with Gasteiger partial charge in [-0.1, -0.05) is 18.2 Å². The number of nitrogens with one attached hydrogen (secondary N) is 1. The number of methoxy groups -OCH3 is 1. The van der Waals surface area contributed by atoms with Crippen molar-refractivity contribution < 1.29 is 13.9 Å². The lowest BCUT2D eigenvalue weighted by Gasteiger charge is -2.05. The second-order valence-corrected chi connectivity index (χ2v) is 4.07. The van der Waals surface area contributed by atoms with E-state index < -0.39 is 5.97 Å². The molecule has 1 aromatic heterocycles. The molecule has 1 N–H and O–H groups in total. The standard InChI is InChI=1S/C14H14FNO2/c1-9-13(14(17)18-2)11(8-16-9)7-10-5-3-4-6-12(10)15/h3-6,8,16H,7H2,1-2H3. The predicted molar refractivity (Wildman–Crippen MR) is 66.1 cm³/mol. The Bertz CT molecular complexity index is 575. The number of H-pyrrole nitrogens is 1. The first kappa shape index (κ1) is 12.4. The summed E-state index contributed by atoms with van der Waals surface area (Å²) in [6.07, 6.45) is 2.08. The van der Waals surface area contributed by atoms with E-state index >= 15 is 0 Å². The molecule has 0 saturated carbocycles. The number of halogens is 1. The maximum absolute atomic E-state index is 13.6. The Morgan fingerprint density at radius 3 is 2.72 bits per heavy atom. The highest BCUT2D eigenvalue weighted by molar-refractivity contribution is 5.92. The van der Waals surface area contributed by atoms with Gasteiger partial charge in [0.1, 0.15) is 5.82 Å². The number of aromatic amines is 1. The molecule has 1 heterocycles. The molecule has 1 aromatic carbocycles. The number of aromatic nitrogens is 1. The molecule has 2 rings (SSSR count). The zero-order chi connectivity index (χ0) is 13.1. The van der Waals surface area contributed by atoms with Crippen LogP contribution >= 0.6 is 0 Å². The molecule has 4 heteroatoms. The minimum Gasteiger partial charge on any atom is -0.465 e. The molecule has 0 radical (unpaired) electrons. The zero-order valence-corrected chi connectivity index (χ0v) is 10.3. The topological polar surface area (TPSA) is 42.1 Å². The van der Waals surface area contributed by atoms with Crippen LogP contribution in [0.2, 0.25) is 0 Å². The van der Waals surface area contributed by atoms with Crippen LogP contribution in [0.5, 0.6) is 0 Å². The predicted octanol–water partition coefficient (Wildman–Crippen LogP) is 2.84. The van der Waals surface area contributed by atoms with Gasteiger partial charge in [-0.25, -0.2) is 9.18 Å². The van der Waals surface area contributed by atoms with Gasteiger partial charge in [-0.15, -0.1) is 0 Å². The molecule has 18 heavy (non-hydrogen) atoms. The summed E-state index contributed by atoms with van der Waals surface area (Å²) in [5.41, 5.74) is 2.51. The fourth-order valence-corrected chi connectivity index (χ4v) is 1.95. The molecule has 0 aliphatic rings. The van der Waals surface area contributed by atoms with E-state index in [9.17, 15) is 9.18 Å². The summed E-state index contributed by atoms with van der Waals surface area (Å²) in [6.45, 7) is 1.79. The van der Waals surface area contributed by atoms with Gasteiger partial charge >= 0.3 is 5.97 Å². The van der Waals surface area contributed by atoms with Gasteiger partial charge in [-0.2, -0.15) is 0 Å². The molecule has 0 bridgehead atoms. The Kier molecular flexibility index (Phi) is 3.46. The molecule has 0 unspecified atom stereocenters. The first-order valence-corrected chi connectivity index (χ1v) is 5.62. The molecule has 3 nitrogen and oxygen atoms in total. The van der Waals surface area contributed by atoms with Gasteiger partial charge in [0.25, 0.3) is 0 Å². The van der Waals surface area contributed by atoms with Gasteiger partial charge in [-0.05, 0) is 24.1 Å². The van der Waals surface area contributed by atoms with Crippen molar-refractivity contribution in [2.45, 2.75) is 13.3 Å².